The Balaban J connectivity index is 2.16. The molecule has 0 atom stereocenters. The fourth-order valence-electron chi connectivity index (χ4n) is 2.47. The summed E-state index contributed by atoms with van der Waals surface area (Å²) in [5.74, 6) is 0. The van der Waals surface area contributed by atoms with E-state index in [1.807, 2.05) is 19.2 Å². The zero-order chi connectivity index (χ0) is 13.2. The first-order chi connectivity index (χ1) is 9.29. The summed E-state index contributed by atoms with van der Waals surface area (Å²) in [5, 5.41) is 1.18. The third kappa shape index (κ3) is 2.06. The van der Waals surface area contributed by atoms with Gasteiger partial charge in [0.05, 0.1) is 0 Å². The van der Waals surface area contributed by atoms with Crippen LogP contribution in [0, 0.1) is 6.92 Å². The van der Waals surface area contributed by atoms with Crippen LogP contribution in [0.3, 0.4) is 0 Å². The monoisotopic (exact) mass is 248 g/mol. The molecule has 1 aromatic carbocycles. The zero-order valence-electron chi connectivity index (χ0n) is 11.1. The summed E-state index contributed by atoms with van der Waals surface area (Å²) in [6.07, 6.45) is 5.97. The van der Waals surface area contributed by atoms with Gasteiger partial charge in [-0.25, -0.2) is 4.98 Å². The first-order valence-electron chi connectivity index (χ1n) is 6.46. The first kappa shape index (κ1) is 11.7. The minimum Gasteiger partial charge on any atom is -0.343 e. The van der Waals surface area contributed by atoms with Crippen molar-refractivity contribution < 1.29 is 0 Å². The molecule has 0 aliphatic carbocycles. The number of aromatic nitrogens is 2. The van der Waals surface area contributed by atoms with E-state index in [-0.39, 0.29) is 0 Å². The number of fused-ring (bicyclic) bond motifs is 1. The Bertz CT molecular complexity index is 734. The molecule has 2 heteroatoms. The molecule has 2 aromatic heterocycles. The predicted molar refractivity (Wildman–Crippen MR) is 81.0 cm³/mol. The van der Waals surface area contributed by atoms with Crippen molar-refractivity contribution in [2.24, 2.45) is 0 Å². The highest BCUT2D eigenvalue weighted by atomic mass is 14.9. The molecule has 0 aliphatic heterocycles. The van der Waals surface area contributed by atoms with Gasteiger partial charge in [-0.05, 0) is 37.1 Å². The lowest BCUT2D eigenvalue weighted by Crippen LogP contribution is -1.80. The minimum atomic E-state index is 0.951. The molecule has 0 spiro atoms. The number of hydrogen-bond donors (Lipinski definition) is 1. The van der Waals surface area contributed by atoms with E-state index in [0.29, 0.717) is 0 Å². The Morgan fingerprint density at radius 1 is 1.11 bits per heavy atom. The van der Waals surface area contributed by atoms with Crippen LogP contribution in [0.4, 0.5) is 0 Å². The summed E-state index contributed by atoms with van der Waals surface area (Å²) in [4.78, 5) is 7.71. The van der Waals surface area contributed by atoms with E-state index in [1.54, 1.807) is 0 Å². The van der Waals surface area contributed by atoms with Crippen molar-refractivity contribution in [3.63, 3.8) is 0 Å². The Kier molecular flexibility index (Phi) is 2.92. The van der Waals surface area contributed by atoms with Gasteiger partial charge in [-0.3, -0.25) is 0 Å². The van der Waals surface area contributed by atoms with Crippen LogP contribution >= 0.6 is 0 Å². The molecule has 0 aliphatic rings. The van der Waals surface area contributed by atoms with Gasteiger partial charge >= 0.3 is 0 Å². The second-order valence-electron chi connectivity index (χ2n) is 4.65. The quantitative estimate of drug-likeness (QED) is 0.707. The van der Waals surface area contributed by atoms with Gasteiger partial charge in [0.25, 0.3) is 0 Å². The maximum Gasteiger partial charge on any atom is 0.138 e. The third-order valence-electron chi connectivity index (χ3n) is 3.32. The molecule has 0 unspecified atom stereocenters. The normalized spacial score (nSPS) is 11.5. The molecule has 0 saturated carbocycles. The van der Waals surface area contributed by atoms with Crippen molar-refractivity contribution in [1.29, 1.82) is 0 Å². The van der Waals surface area contributed by atoms with Gasteiger partial charge in [-0.15, -0.1) is 0 Å². The van der Waals surface area contributed by atoms with Crippen LogP contribution in [0.2, 0.25) is 0 Å². The molecule has 19 heavy (non-hydrogen) atoms. The first-order valence-corrected chi connectivity index (χ1v) is 6.46. The fraction of sp³-hybridized carbons (Fsp3) is 0.118. The van der Waals surface area contributed by atoms with E-state index in [2.05, 4.69) is 59.4 Å². The van der Waals surface area contributed by atoms with E-state index in [1.165, 1.54) is 22.1 Å². The van der Waals surface area contributed by atoms with Gasteiger partial charge in [-0.2, -0.15) is 0 Å². The standard InChI is InChI=1S/C17H16N2/c1-3-5-13-7-9-14(10-8-13)16-12(2)19-17-15(16)6-4-11-18-17/h3-11H,1-2H3,(H,18,19)/b5-3+. The summed E-state index contributed by atoms with van der Waals surface area (Å²) in [6, 6.07) is 12.7. The number of aromatic amines is 1. The lowest BCUT2D eigenvalue weighted by atomic mass is 10.0. The van der Waals surface area contributed by atoms with Crippen LogP contribution in [0.25, 0.3) is 28.2 Å². The fourth-order valence-corrected chi connectivity index (χ4v) is 2.47. The molecule has 94 valence electrons. The molecule has 0 fully saturated rings. The molecular formula is C17H16N2. The van der Waals surface area contributed by atoms with Crippen LogP contribution < -0.4 is 0 Å². The predicted octanol–water partition coefficient (Wildman–Crippen LogP) is 4.57. The number of rotatable bonds is 2. The number of H-pyrrole nitrogens is 1. The molecule has 0 bridgehead atoms. The van der Waals surface area contributed by atoms with Crippen LogP contribution in [-0.2, 0) is 0 Å². The van der Waals surface area contributed by atoms with Crippen molar-refractivity contribution in [2.75, 3.05) is 0 Å². The van der Waals surface area contributed by atoms with E-state index in [9.17, 15) is 0 Å². The Morgan fingerprint density at radius 2 is 1.89 bits per heavy atom. The summed E-state index contributed by atoms with van der Waals surface area (Å²) >= 11 is 0. The maximum atomic E-state index is 4.37. The molecule has 3 aromatic rings. The number of allylic oxidation sites excluding steroid dienone is 1. The van der Waals surface area contributed by atoms with E-state index >= 15 is 0 Å². The summed E-state index contributed by atoms with van der Waals surface area (Å²) < 4.78 is 0. The number of nitrogens with zero attached hydrogens (tertiary/aromatic N) is 1. The summed E-state index contributed by atoms with van der Waals surface area (Å²) in [6.45, 7) is 4.13. The molecule has 1 N–H and O–H groups in total. The average Bonchev–Trinajstić information content (AvgIpc) is 2.76. The molecular weight excluding hydrogens is 232 g/mol. The number of nitrogens with one attached hydrogen (secondary N) is 1. The van der Waals surface area contributed by atoms with Gasteiger partial charge < -0.3 is 4.98 Å². The van der Waals surface area contributed by atoms with Crippen LogP contribution in [-0.4, -0.2) is 9.97 Å². The van der Waals surface area contributed by atoms with Crippen LogP contribution in [0.1, 0.15) is 18.2 Å². The van der Waals surface area contributed by atoms with E-state index < -0.39 is 0 Å². The molecule has 2 nitrogen and oxygen atoms in total. The number of hydrogen-bond acceptors (Lipinski definition) is 1. The van der Waals surface area contributed by atoms with Gasteiger partial charge in [0.2, 0.25) is 0 Å². The largest absolute Gasteiger partial charge is 0.343 e. The second-order valence-corrected chi connectivity index (χ2v) is 4.65. The van der Waals surface area contributed by atoms with Crippen molar-refractivity contribution in [3.05, 3.63) is 59.9 Å². The smallest absolute Gasteiger partial charge is 0.138 e. The molecule has 3 rings (SSSR count). The molecule has 0 amide bonds. The van der Waals surface area contributed by atoms with Gasteiger partial charge in [0, 0.05) is 22.8 Å². The van der Waals surface area contributed by atoms with Crippen molar-refractivity contribution in [1.82, 2.24) is 9.97 Å². The Labute approximate surface area is 112 Å². The second kappa shape index (κ2) is 4.73. The lowest BCUT2D eigenvalue weighted by molar-refractivity contribution is 1.25. The van der Waals surface area contributed by atoms with Crippen molar-refractivity contribution >= 4 is 17.1 Å². The third-order valence-corrected chi connectivity index (χ3v) is 3.32. The van der Waals surface area contributed by atoms with Crippen LogP contribution in [0.15, 0.2) is 48.7 Å². The Morgan fingerprint density at radius 3 is 2.63 bits per heavy atom. The van der Waals surface area contributed by atoms with Crippen molar-refractivity contribution in [2.45, 2.75) is 13.8 Å². The van der Waals surface area contributed by atoms with Crippen molar-refractivity contribution in [3.8, 4) is 11.1 Å². The molecule has 2 heterocycles. The average molecular weight is 248 g/mol. The van der Waals surface area contributed by atoms with Gasteiger partial charge in [0.1, 0.15) is 5.65 Å². The summed E-state index contributed by atoms with van der Waals surface area (Å²) in [5.41, 5.74) is 5.81. The number of benzene rings is 1. The zero-order valence-corrected chi connectivity index (χ0v) is 11.1. The highest BCUT2D eigenvalue weighted by Crippen LogP contribution is 2.31. The molecule has 0 radical (unpaired) electrons. The van der Waals surface area contributed by atoms with E-state index in [0.717, 1.165) is 11.3 Å². The highest BCUT2D eigenvalue weighted by Gasteiger charge is 2.10. The number of aryl methyl sites for hydroxylation is 1. The molecule has 0 saturated heterocycles. The van der Waals surface area contributed by atoms with Gasteiger partial charge in [0.15, 0.2) is 0 Å². The number of pyridine rings is 1. The highest BCUT2D eigenvalue weighted by molar-refractivity contribution is 5.95. The Hall–Kier alpha value is -2.35. The van der Waals surface area contributed by atoms with Crippen LogP contribution in [0.5, 0.6) is 0 Å². The lowest BCUT2D eigenvalue weighted by Gasteiger charge is -2.02. The minimum absolute atomic E-state index is 0.951. The van der Waals surface area contributed by atoms with E-state index in [4.69, 9.17) is 0 Å². The SMILES string of the molecule is C/C=C/c1ccc(-c2c(C)[nH]c3ncccc23)cc1. The maximum absolute atomic E-state index is 4.37. The topological polar surface area (TPSA) is 28.7 Å². The summed E-state index contributed by atoms with van der Waals surface area (Å²) in [7, 11) is 0. The van der Waals surface area contributed by atoms with Gasteiger partial charge in [-0.1, -0.05) is 36.4 Å².